The zero-order chi connectivity index (χ0) is 8.97. The van der Waals surface area contributed by atoms with Crippen LogP contribution in [0, 0.1) is 0 Å². The second kappa shape index (κ2) is 3.61. The highest BCUT2D eigenvalue weighted by atomic mass is 16.4. The maximum absolute atomic E-state index is 10.5. The Kier molecular flexibility index (Phi) is 2.53. The third-order valence-corrected chi connectivity index (χ3v) is 1.48. The second-order valence-corrected chi connectivity index (χ2v) is 2.30. The first-order chi connectivity index (χ1) is 5.72. The summed E-state index contributed by atoms with van der Waals surface area (Å²) in [6.07, 6.45) is 7.64. The van der Waals surface area contributed by atoms with E-state index in [9.17, 15) is 4.79 Å². The minimum absolute atomic E-state index is 0.604. The van der Waals surface area contributed by atoms with Gasteiger partial charge in [-0.3, -0.25) is 4.90 Å². The van der Waals surface area contributed by atoms with Gasteiger partial charge in [0.2, 0.25) is 0 Å². The van der Waals surface area contributed by atoms with Crippen molar-refractivity contribution in [2.75, 3.05) is 7.05 Å². The molecule has 0 aromatic heterocycles. The molecule has 0 unspecified atom stereocenters. The third-order valence-electron chi connectivity index (χ3n) is 1.48. The normalized spacial score (nSPS) is 14.6. The van der Waals surface area contributed by atoms with Crippen molar-refractivity contribution in [1.29, 1.82) is 0 Å². The van der Waals surface area contributed by atoms with E-state index >= 15 is 0 Å². The van der Waals surface area contributed by atoms with Gasteiger partial charge in [0, 0.05) is 19.4 Å². The first kappa shape index (κ1) is 8.39. The van der Waals surface area contributed by atoms with E-state index in [1.54, 1.807) is 30.6 Å². The molecule has 4 nitrogen and oxygen atoms in total. The molecule has 0 aromatic rings. The minimum atomic E-state index is -0.977. The van der Waals surface area contributed by atoms with Gasteiger partial charge in [0.1, 0.15) is 0 Å². The Morgan fingerprint density at radius 2 is 2.33 bits per heavy atom. The largest absolute Gasteiger partial charge is 0.465 e. The van der Waals surface area contributed by atoms with Gasteiger partial charge in [-0.1, -0.05) is 6.08 Å². The van der Waals surface area contributed by atoms with Crippen LogP contribution in [0.3, 0.4) is 0 Å². The lowest BCUT2D eigenvalue weighted by Crippen LogP contribution is -2.23. The molecule has 64 valence electrons. The van der Waals surface area contributed by atoms with Crippen molar-refractivity contribution < 1.29 is 9.90 Å². The Bertz CT molecular complexity index is 266. The maximum Gasteiger partial charge on any atom is 0.411 e. The summed E-state index contributed by atoms with van der Waals surface area (Å²) in [7, 11) is 1.49. The molecule has 1 rings (SSSR count). The number of hydrogen-bond acceptors (Lipinski definition) is 2. The van der Waals surface area contributed by atoms with E-state index in [0.29, 0.717) is 5.70 Å². The minimum Gasteiger partial charge on any atom is -0.465 e. The molecule has 0 fully saturated rings. The Labute approximate surface area is 70.5 Å². The smallest absolute Gasteiger partial charge is 0.411 e. The zero-order valence-electron chi connectivity index (χ0n) is 6.69. The van der Waals surface area contributed by atoms with Gasteiger partial charge in [0.25, 0.3) is 0 Å². The van der Waals surface area contributed by atoms with E-state index in [1.165, 1.54) is 7.05 Å². The van der Waals surface area contributed by atoms with Crippen molar-refractivity contribution in [3.05, 3.63) is 36.3 Å². The fourth-order valence-corrected chi connectivity index (χ4v) is 0.766. The highest BCUT2D eigenvalue weighted by Gasteiger charge is 2.08. The monoisotopic (exact) mass is 166 g/mol. The summed E-state index contributed by atoms with van der Waals surface area (Å²) in [5.74, 6) is 0. The van der Waals surface area contributed by atoms with E-state index in [4.69, 9.17) is 5.11 Å². The molecule has 0 saturated carbocycles. The van der Waals surface area contributed by atoms with Crippen molar-refractivity contribution in [2.24, 2.45) is 0 Å². The summed E-state index contributed by atoms with van der Waals surface area (Å²) in [4.78, 5) is 11.6. The van der Waals surface area contributed by atoms with E-state index in [-0.39, 0.29) is 0 Å². The van der Waals surface area contributed by atoms with E-state index in [0.717, 1.165) is 4.90 Å². The molecule has 1 amide bonds. The van der Waals surface area contributed by atoms with Gasteiger partial charge in [0.05, 0.1) is 5.70 Å². The highest BCUT2D eigenvalue weighted by Crippen LogP contribution is 2.04. The van der Waals surface area contributed by atoms with Crippen LogP contribution in [0.1, 0.15) is 0 Å². The summed E-state index contributed by atoms with van der Waals surface area (Å²) in [6.45, 7) is 0. The molecular formula is C8H10N2O2. The molecule has 1 aliphatic heterocycles. The number of nitrogens with one attached hydrogen (secondary N) is 1. The molecule has 0 aliphatic carbocycles. The van der Waals surface area contributed by atoms with Crippen LogP contribution in [0.15, 0.2) is 36.3 Å². The van der Waals surface area contributed by atoms with Gasteiger partial charge < -0.3 is 10.4 Å². The number of rotatable bonds is 1. The quantitative estimate of drug-likeness (QED) is 0.613. The molecule has 1 aliphatic rings. The average Bonchev–Trinajstić information content (AvgIpc) is 2.30. The predicted molar refractivity (Wildman–Crippen MR) is 45.3 cm³/mol. The summed E-state index contributed by atoms with van der Waals surface area (Å²) >= 11 is 0. The highest BCUT2D eigenvalue weighted by molar-refractivity contribution is 5.68. The van der Waals surface area contributed by atoms with E-state index in [1.807, 2.05) is 0 Å². The average molecular weight is 166 g/mol. The maximum atomic E-state index is 10.5. The van der Waals surface area contributed by atoms with E-state index < -0.39 is 6.09 Å². The summed E-state index contributed by atoms with van der Waals surface area (Å²) < 4.78 is 0. The van der Waals surface area contributed by atoms with Crippen molar-refractivity contribution in [1.82, 2.24) is 10.2 Å². The van der Waals surface area contributed by atoms with Crippen LogP contribution >= 0.6 is 0 Å². The standard InChI is InChI=1S/C8H10N2O2/c1-10(8(11)12)7-4-2-3-5-9-6-7/h2-6,9H,1H3,(H,11,12). The number of likely N-dealkylation sites (N-methyl/N-ethyl adjacent to an activating group) is 1. The second-order valence-electron chi connectivity index (χ2n) is 2.30. The van der Waals surface area contributed by atoms with Gasteiger partial charge in [0.15, 0.2) is 0 Å². The molecule has 2 N–H and O–H groups in total. The number of amides is 1. The van der Waals surface area contributed by atoms with Gasteiger partial charge in [-0.05, 0) is 12.2 Å². The molecule has 0 aromatic carbocycles. The van der Waals surface area contributed by atoms with Gasteiger partial charge in [-0.25, -0.2) is 4.79 Å². The molecular weight excluding hydrogens is 156 g/mol. The predicted octanol–water partition coefficient (Wildman–Crippen LogP) is 1.11. The van der Waals surface area contributed by atoms with Crippen LogP contribution in [0.2, 0.25) is 0 Å². The Morgan fingerprint density at radius 1 is 1.58 bits per heavy atom. The molecule has 0 radical (unpaired) electrons. The number of allylic oxidation sites excluding steroid dienone is 3. The molecule has 0 bridgehead atoms. The van der Waals surface area contributed by atoms with Crippen LogP contribution in [0.25, 0.3) is 0 Å². The lowest BCUT2D eigenvalue weighted by Gasteiger charge is -2.12. The van der Waals surface area contributed by atoms with E-state index in [2.05, 4.69) is 5.32 Å². The Hall–Kier alpha value is -1.71. The Balaban J connectivity index is 2.75. The summed E-state index contributed by atoms with van der Waals surface area (Å²) in [6, 6.07) is 0. The lowest BCUT2D eigenvalue weighted by atomic mass is 10.4. The fourth-order valence-electron chi connectivity index (χ4n) is 0.766. The van der Waals surface area contributed by atoms with Crippen molar-refractivity contribution in [3.8, 4) is 0 Å². The van der Waals surface area contributed by atoms with Crippen LogP contribution < -0.4 is 5.32 Å². The van der Waals surface area contributed by atoms with Gasteiger partial charge >= 0.3 is 6.09 Å². The van der Waals surface area contributed by atoms with Gasteiger partial charge in [-0.2, -0.15) is 0 Å². The van der Waals surface area contributed by atoms with Crippen molar-refractivity contribution in [2.45, 2.75) is 0 Å². The summed E-state index contributed by atoms with van der Waals surface area (Å²) in [5.41, 5.74) is 0.604. The van der Waals surface area contributed by atoms with Crippen molar-refractivity contribution >= 4 is 6.09 Å². The SMILES string of the molecule is CN(C(=O)O)C1=CNC=CC=C1. The van der Waals surface area contributed by atoms with Gasteiger partial charge in [-0.15, -0.1) is 0 Å². The fraction of sp³-hybridized carbons (Fsp3) is 0.125. The van der Waals surface area contributed by atoms with Crippen LogP contribution in [-0.4, -0.2) is 23.1 Å². The topological polar surface area (TPSA) is 52.6 Å². The first-order valence-electron chi connectivity index (χ1n) is 3.48. The summed E-state index contributed by atoms with van der Waals surface area (Å²) in [5, 5.41) is 11.5. The molecule has 4 heteroatoms. The number of nitrogens with zero attached hydrogens (tertiary/aromatic N) is 1. The number of carbonyl (C=O) groups is 1. The molecule has 12 heavy (non-hydrogen) atoms. The molecule has 0 spiro atoms. The van der Waals surface area contributed by atoms with Crippen molar-refractivity contribution in [3.63, 3.8) is 0 Å². The molecule has 1 heterocycles. The molecule has 0 atom stereocenters. The zero-order valence-corrected chi connectivity index (χ0v) is 6.69. The number of hydrogen-bond donors (Lipinski definition) is 2. The third kappa shape index (κ3) is 1.88. The van der Waals surface area contributed by atoms with Crippen LogP contribution in [0.5, 0.6) is 0 Å². The first-order valence-corrected chi connectivity index (χ1v) is 3.48. The van der Waals surface area contributed by atoms with Crippen LogP contribution in [-0.2, 0) is 0 Å². The lowest BCUT2D eigenvalue weighted by molar-refractivity contribution is 0.168. The molecule has 0 saturated heterocycles. The van der Waals surface area contributed by atoms with Crippen LogP contribution in [0.4, 0.5) is 4.79 Å². The Morgan fingerprint density at radius 3 is 3.00 bits per heavy atom. The number of carboxylic acid groups (broad SMARTS) is 1.